The van der Waals surface area contributed by atoms with E-state index in [4.69, 9.17) is 23.8 Å². The first-order valence-electron chi connectivity index (χ1n) is 10.4. The highest BCUT2D eigenvalue weighted by molar-refractivity contribution is 7.80. The molecule has 0 aliphatic rings. The lowest BCUT2D eigenvalue weighted by molar-refractivity contribution is 0.103. The molecule has 3 aromatic heterocycles. The largest absolute Gasteiger partial charge is 0.355 e. The molecule has 33 heavy (non-hydrogen) atoms. The second-order valence-corrected chi connectivity index (χ2v) is 9.64. The Morgan fingerprint density at radius 3 is 2.52 bits per heavy atom. The van der Waals surface area contributed by atoms with Gasteiger partial charge in [0, 0.05) is 27.9 Å². The average molecular weight is 495 g/mol. The number of pyridine rings is 1. The van der Waals surface area contributed by atoms with Crippen LogP contribution in [0.15, 0.2) is 60.1 Å². The van der Waals surface area contributed by atoms with E-state index in [-0.39, 0.29) is 11.7 Å². The van der Waals surface area contributed by atoms with Crippen molar-refractivity contribution in [2.75, 3.05) is 10.6 Å². The van der Waals surface area contributed by atoms with E-state index >= 15 is 0 Å². The number of thiophene rings is 1. The van der Waals surface area contributed by atoms with Crippen molar-refractivity contribution in [1.29, 1.82) is 0 Å². The third-order valence-electron chi connectivity index (χ3n) is 5.29. The average Bonchev–Trinajstić information content (AvgIpc) is 3.38. The van der Waals surface area contributed by atoms with Crippen molar-refractivity contribution in [1.82, 2.24) is 9.97 Å². The van der Waals surface area contributed by atoms with Crippen LogP contribution in [0.3, 0.4) is 0 Å². The first kappa shape index (κ1) is 23.2. The van der Waals surface area contributed by atoms with Crippen LogP contribution >= 0.6 is 35.2 Å². The van der Waals surface area contributed by atoms with Gasteiger partial charge in [-0.1, -0.05) is 18.5 Å². The minimum absolute atomic E-state index is 0.0105. The second-order valence-electron chi connectivity index (χ2n) is 7.88. The number of carbonyl (C=O) groups is 1. The summed E-state index contributed by atoms with van der Waals surface area (Å²) in [6, 6.07) is 14.9. The lowest BCUT2D eigenvalue weighted by atomic mass is 10.0. The van der Waals surface area contributed by atoms with Crippen LogP contribution in [0.1, 0.15) is 51.4 Å². The van der Waals surface area contributed by atoms with Gasteiger partial charge in [-0.15, -0.1) is 11.3 Å². The summed E-state index contributed by atoms with van der Waals surface area (Å²) >= 11 is 12.9. The summed E-state index contributed by atoms with van der Waals surface area (Å²) in [5, 5.41) is 10.5. The van der Waals surface area contributed by atoms with Crippen molar-refractivity contribution < 1.29 is 4.79 Å². The molecular formula is C25H23ClN4OS2. The van der Waals surface area contributed by atoms with Crippen molar-refractivity contribution in [3.63, 3.8) is 0 Å². The predicted octanol–water partition coefficient (Wildman–Crippen LogP) is 6.93. The van der Waals surface area contributed by atoms with Gasteiger partial charge in [-0.25, -0.2) is 0 Å². The van der Waals surface area contributed by atoms with Gasteiger partial charge < -0.3 is 15.6 Å². The quantitative estimate of drug-likeness (QED) is 0.200. The molecule has 0 bridgehead atoms. The smallest absolute Gasteiger partial charge is 0.209 e. The van der Waals surface area contributed by atoms with Gasteiger partial charge in [0.05, 0.1) is 22.6 Å². The number of thiocarbonyl (C=S) groups is 1. The lowest BCUT2D eigenvalue weighted by Gasteiger charge is -2.12. The van der Waals surface area contributed by atoms with Gasteiger partial charge in [-0.05, 0) is 91.1 Å². The molecule has 0 saturated carbocycles. The molecule has 0 fully saturated rings. The van der Waals surface area contributed by atoms with Gasteiger partial charge in [0.25, 0.3) is 0 Å². The Labute approximate surface area is 207 Å². The molecule has 1 unspecified atom stereocenters. The van der Waals surface area contributed by atoms with Crippen molar-refractivity contribution in [2.45, 2.75) is 26.7 Å². The van der Waals surface area contributed by atoms with Crippen LogP contribution in [0.2, 0.25) is 5.02 Å². The number of hydrogen-bond acceptors (Lipinski definition) is 4. The SMILES string of the molecule is Cc1csc(NC(=S)Nc2ccc(C(C)c3cc(C)c(C(=O)c4ccc(Cl)cc4)[nH]3)nc2)c1. The molecule has 8 heteroatoms. The van der Waals surface area contributed by atoms with Gasteiger partial charge in [0.1, 0.15) is 0 Å². The van der Waals surface area contributed by atoms with Crippen LogP contribution in [0.25, 0.3) is 0 Å². The maximum absolute atomic E-state index is 12.9. The third kappa shape index (κ3) is 5.50. The maximum atomic E-state index is 12.9. The number of hydrogen-bond donors (Lipinski definition) is 3. The molecule has 4 aromatic rings. The highest BCUT2D eigenvalue weighted by Crippen LogP contribution is 2.26. The molecule has 168 valence electrons. The molecule has 0 amide bonds. The number of benzene rings is 1. The fourth-order valence-electron chi connectivity index (χ4n) is 3.46. The van der Waals surface area contributed by atoms with Crippen molar-refractivity contribution in [3.05, 3.63) is 98.9 Å². The normalized spacial score (nSPS) is 11.8. The predicted molar refractivity (Wildman–Crippen MR) is 141 cm³/mol. The third-order valence-corrected chi connectivity index (χ3v) is 6.71. The van der Waals surface area contributed by atoms with Crippen LogP contribution in [-0.4, -0.2) is 20.9 Å². The van der Waals surface area contributed by atoms with Crippen LogP contribution < -0.4 is 10.6 Å². The van der Waals surface area contributed by atoms with Crippen molar-refractivity contribution in [2.24, 2.45) is 0 Å². The highest BCUT2D eigenvalue weighted by atomic mass is 35.5. The van der Waals surface area contributed by atoms with Gasteiger partial charge in [-0.2, -0.15) is 0 Å². The molecule has 1 aromatic carbocycles. The van der Waals surface area contributed by atoms with E-state index in [1.165, 1.54) is 5.56 Å². The first-order valence-corrected chi connectivity index (χ1v) is 12.1. The van der Waals surface area contributed by atoms with Crippen molar-refractivity contribution >= 4 is 56.7 Å². The lowest BCUT2D eigenvalue weighted by Crippen LogP contribution is -2.18. The number of H-pyrrole nitrogens is 1. The van der Waals surface area contributed by atoms with E-state index in [1.54, 1.807) is 41.8 Å². The van der Waals surface area contributed by atoms with Crippen LogP contribution in [0, 0.1) is 13.8 Å². The van der Waals surface area contributed by atoms with Crippen LogP contribution in [-0.2, 0) is 0 Å². The molecule has 0 aliphatic carbocycles. The molecule has 1 atom stereocenters. The second kappa shape index (κ2) is 9.87. The number of nitrogens with zero attached hydrogens (tertiary/aromatic N) is 1. The topological polar surface area (TPSA) is 69.8 Å². The minimum atomic E-state index is -0.0583. The summed E-state index contributed by atoms with van der Waals surface area (Å²) in [6.07, 6.45) is 1.76. The van der Waals surface area contributed by atoms with Crippen molar-refractivity contribution in [3.8, 4) is 0 Å². The van der Waals surface area contributed by atoms with Crippen LogP contribution in [0.5, 0.6) is 0 Å². The molecule has 3 N–H and O–H groups in total. The number of ketones is 1. The number of aromatic nitrogens is 2. The number of rotatable bonds is 6. The van der Waals surface area contributed by atoms with Gasteiger partial charge in [0.15, 0.2) is 5.11 Å². The fraction of sp³-hybridized carbons (Fsp3) is 0.160. The standard InChI is InChI=1S/C25H23ClN4OS2/c1-14-10-22(33-13-14)30-25(32)28-19-8-9-20(27-12-19)16(3)21-11-15(2)23(29-21)24(31)17-4-6-18(26)7-5-17/h4-13,16,29H,1-3H3,(H2,28,30,32). The zero-order valence-electron chi connectivity index (χ0n) is 18.4. The summed E-state index contributed by atoms with van der Waals surface area (Å²) in [5.74, 6) is -0.0687. The van der Waals surface area contributed by atoms with E-state index < -0.39 is 0 Å². The Kier molecular flexibility index (Phi) is 6.93. The molecule has 0 spiro atoms. The maximum Gasteiger partial charge on any atom is 0.209 e. The summed E-state index contributed by atoms with van der Waals surface area (Å²) in [6.45, 7) is 6.03. The molecule has 0 saturated heterocycles. The van der Waals surface area contributed by atoms with Gasteiger partial charge >= 0.3 is 0 Å². The number of halogens is 1. The summed E-state index contributed by atoms with van der Waals surface area (Å²) in [5.41, 5.74) is 5.90. The zero-order chi connectivity index (χ0) is 23.5. The summed E-state index contributed by atoms with van der Waals surface area (Å²) in [7, 11) is 0. The fourth-order valence-corrected chi connectivity index (χ4v) is 4.68. The number of aryl methyl sites for hydroxylation is 2. The zero-order valence-corrected chi connectivity index (χ0v) is 20.8. The van der Waals surface area contributed by atoms with E-state index in [1.807, 2.05) is 38.1 Å². The van der Waals surface area contributed by atoms with Gasteiger partial charge in [-0.3, -0.25) is 9.78 Å². The van der Waals surface area contributed by atoms with E-state index in [2.05, 4.69) is 32.9 Å². The van der Waals surface area contributed by atoms with E-state index in [9.17, 15) is 4.79 Å². The summed E-state index contributed by atoms with van der Waals surface area (Å²) in [4.78, 5) is 20.8. The number of carbonyl (C=O) groups excluding carboxylic acids is 1. The van der Waals surface area contributed by atoms with E-state index in [0.717, 1.165) is 27.6 Å². The Hall–Kier alpha value is -3.00. The van der Waals surface area contributed by atoms with Gasteiger partial charge in [0.2, 0.25) is 5.78 Å². The molecule has 0 aliphatic heterocycles. The van der Waals surface area contributed by atoms with Crippen LogP contribution in [0.4, 0.5) is 10.7 Å². The Morgan fingerprint density at radius 2 is 1.88 bits per heavy atom. The number of aromatic amines is 1. The summed E-state index contributed by atoms with van der Waals surface area (Å²) < 4.78 is 0. The molecule has 0 radical (unpaired) electrons. The minimum Gasteiger partial charge on any atom is -0.355 e. The first-order chi connectivity index (χ1) is 15.8. The Morgan fingerprint density at radius 1 is 1.12 bits per heavy atom. The molecule has 4 rings (SSSR count). The molecule has 3 heterocycles. The molecule has 5 nitrogen and oxygen atoms in total. The van der Waals surface area contributed by atoms with E-state index in [0.29, 0.717) is 21.4 Å². The highest BCUT2D eigenvalue weighted by Gasteiger charge is 2.19. The Bertz CT molecular complexity index is 1290. The monoisotopic (exact) mass is 494 g/mol. The number of anilines is 2. The molecular weight excluding hydrogens is 472 g/mol. The Balaban J connectivity index is 1.44. The number of nitrogens with one attached hydrogen (secondary N) is 3.